The Bertz CT molecular complexity index is 392. The third kappa shape index (κ3) is 6.01. The Balaban J connectivity index is 1.92. The molecular formula is C17H32N4OS. The minimum atomic E-state index is -0.653. The van der Waals surface area contributed by atoms with Crippen molar-refractivity contribution in [3.63, 3.8) is 0 Å². The predicted octanol–water partition coefficient (Wildman–Crippen LogP) is 2.96. The Morgan fingerprint density at radius 2 is 1.57 bits per heavy atom. The first-order valence-corrected chi connectivity index (χ1v) is 10.2. The molecule has 132 valence electrons. The van der Waals surface area contributed by atoms with Crippen molar-refractivity contribution >= 4 is 17.7 Å². The summed E-state index contributed by atoms with van der Waals surface area (Å²) in [5.41, 5.74) is 6.42. The fourth-order valence-corrected chi connectivity index (χ4v) is 3.95. The smallest absolute Gasteiger partial charge is 0.271 e. The second kappa shape index (κ2) is 9.55. The summed E-state index contributed by atoms with van der Waals surface area (Å²) < 4.78 is 0. The summed E-state index contributed by atoms with van der Waals surface area (Å²) in [6, 6.07) is 0.419. The molecule has 23 heavy (non-hydrogen) atoms. The number of hydrogen-bond donors (Lipinski definition) is 4. The quantitative estimate of drug-likeness (QED) is 0.470. The van der Waals surface area contributed by atoms with E-state index in [1.807, 2.05) is 6.26 Å². The van der Waals surface area contributed by atoms with Crippen molar-refractivity contribution in [3.05, 3.63) is 12.3 Å². The molecule has 1 saturated carbocycles. The predicted molar refractivity (Wildman–Crippen MR) is 97.5 cm³/mol. The Morgan fingerprint density at radius 1 is 1.04 bits per heavy atom. The van der Waals surface area contributed by atoms with Gasteiger partial charge in [0.2, 0.25) is 5.12 Å². The molecule has 1 saturated heterocycles. The van der Waals surface area contributed by atoms with Crippen LogP contribution in [0.25, 0.3) is 0 Å². The van der Waals surface area contributed by atoms with Crippen molar-refractivity contribution in [1.29, 1.82) is 0 Å². The third-order valence-electron chi connectivity index (χ3n) is 4.77. The van der Waals surface area contributed by atoms with Gasteiger partial charge in [-0.2, -0.15) is 5.43 Å². The number of rotatable bonds is 3. The zero-order valence-corrected chi connectivity index (χ0v) is 15.2. The van der Waals surface area contributed by atoms with Crippen molar-refractivity contribution in [3.8, 4) is 0 Å². The molecule has 2 rings (SSSR count). The van der Waals surface area contributed by atoms with E-state index >= 15 is 0 Å². The Hall–Kier alpha value is -0.720. The molecule has 0 aromatic rings. The molecule has 6 heteroatoms. The van der Waals surface area contributed by atoms with Gasteiger partial charge in [0.25, 0.3) is 5.91 Å². The van der Waals surface area contributed by atoms with E-state index in [2.05, 4.69) is 28.1 Å². The third-order valence-corrected chi connectivity index (χ3v) is 5.71. The van der Waals surface area contributed by atoms with E-state index in [1.54, 1.807) is 11.8 Å². The molecule has 2 aliphatic rings. The number of hydrazine groups is 1. The zero-order chi connectivity index (χ0) is 16.5. The Morgan fingerprint density at radius 3 is 2.04 bits per heavy atom. The van der Waals surface area contributed by atoms with Gasteiger partial charge in [0, 0.05) is 6.04 Å². The number of carbonyl (C=O) groups excluding carboxylic acids is 1. The van der Waals surface area contributed by atoms with Crippen LogP contribution in [0.3, 0.4) is 0 Å². The summed E-state index contributed by atoms with van der Waals surface area (Å²) in [5.74, 6) is -0.154. The van der Waals surface area contributed by atoms with Crippen molar-refractivity contribution in [2.75, 3.05) is 6.26 Å². The van der Waals surface area contributed by atoms with Crippen LogP contribution in [-0.2, 0) is 4.79 Å². The fourth-order valence-electron chi connectivity index (χ4n) is 3.31. The Kier molecular flexibility index (Phi) is 7.73. The molecule has 1 amide bonds. The van der Waals surface area contributed by atoms with Crippen LogP contribution in [0.2, 0.25) is 0 Å². The lowest BCUT2D eigenvalue weighted by Gasteiger charge is -2.41. The lowest BCUT2D eigenvalue weighted by Crippen LogP contribution is -2.74. The average molecular weight is 341 g/mol. The summed E-state index contributed by atoms with van der Waals surface area (Å²) in [6.07, 6.45) is 16.4. The highest BCUT2D eigenvalue weighted by atomic mass is 32.2. The minimum Gasteiger partial charge on any atom is -0.313 e. The van der Waals surface area contributed by atoms with Gasteiger partial charge in [-0.05, 0) is 19.1 Å². The molecule has 1 aliphatic carbocycles. The van der Waals surface area contributed by atoms with Crippen LogP contribution in [0, 0.1) is 0 Å². The van der Waals surface area contributed by atoms with Crippen LogP contribution in [-0.4, -0.2) is 23.3 Å². The summed E-state index contributed by atoms with van der Waals surface area (Å²) in [5, 5.41) is 5.99. The highest BCUT2D eigenvalue weighted by Gasteiger charge is 2.37. The molecule has 0 bridgehead atoms. The lowest BCUT2D eigenvalue weighted by atomic mass is 9.98. The van der Waals surface area contributed by atoms with Gasteiger partial charge in [-0.1, -0.05) is 64.4 Å². The molecular weight excluding hydrogens is 308 g/mol. The molecule has 1 aliphatic heterocycles. The van der Waals surface area contributed by atoms with Crippen LogP contribution in [0.4, 0.5) is 0 Å². The van der Waals surface area contributed by atoms with Crippen molar-refractivity contribution in [1.82, 2.24) is 21.5 Å². The van der Waals surface area contributed by atoms with Gasteiger partial charge in [0.05, 0.1) is 0 Å². The van der Waals surface area contributed by atoms with Gasteiger partial charge in [-0.3, -0.25) is 10.1 Å². The van der Waals surface area contributed by atoms with Crippen molar-refractivity contribution < 1.29 is 4.79 Å². The lowest BCUT2D eigenvalue weighted by molar-refractivity contribution is -0.121. The first kappa shape index (κ1) is 18.6. The minimum absolute atomic E-state index is 0.154. The van der Waals surface area contributed by atoms with Crippen molar-refractivity contribution in [2.24, 2.45) is 0 Å². The molecule has 0 radical (unpaired) electrons. The van der Waals surface area contributed by atoms with E-state index in [-0.39, 0.29) is 5.91 Å². The number of hydrogen-bond acceptors (Lipinski definition) is 5. The number of carbonyl (C=O) groups is 1. The maximum absolute atomic E-state index is 12.0. The van der Waals surface area contributed by atoms with Gasteiger partial charge < -0.3 is 10.7 Å². The maximum atomic E-state index is 12.0. The van der Waals surface area contributed by atoms with E-state index < -0.39 is 5.12 Å². The summed E-state index contributed by atoms with van der Waals surface area (Å²) in [4.78, 5) is 12.0. The first-order valence-electron chi connectivity index (χ1n) is 9.03. The molecule has 0 unspecified atom stereocenters. The van der Waals surface area contributed by atoms with Crippen LogP contribution in [0.15, 0.2) is 12.3 Å². The highest BCUT2D eigenvalue weighted by Crippen LogP contribution is 2.22. The normalized spacial score (nSPS) is 29.1. The van der Waals surface area contributed by atoms with Crippen LogP contribution in [0.1, 0.15) is 70.6 Å². The molecule has 4 N–H and O–H groups in total. The molecule has 1 heterocycles. The van der Waals surface area contributed by atoms with Gasteiger partial charge in [0.1, 0.15) is 5.70 Å². The van der Waals surface area contributed by atoms with E-state index in [4.69, 9.17) is 0 Å². The largest absolute Gasteiger partial charge is 0.313 e. The zero-order valence-electron chi connectivity index (χ0n) is 14.4. The number of amides is 1. The van der Waals surface area contributed by atoms with Crippen LogP contribution >= 0.6 is 11.8 Å². The fraction of sp³-hybridized carbons (Fsp3) is 0.824. The van der Waals surface area contributed by atoms with Crippen molar-refractivity contribution in [2.45, 2.75) is 81.8 Å². The average Bonchev–Trinajstić information content (AvgIpc) is 2.54. The SMILES string of the molecule is C=C1NN[C@](NC2CCCCCCCCCCC2)(SC)NC1=O. The number of nitrogens with one attached hydrogen (secondary N) is 4. The number of thioether (sulfide) groups is 1. The van der Waals surface area contributed by atoms with E-state index in [1.165, 1.54) is 70.6 Å². The van der Waals surface area contributed by atoms with E-state index in [0.29, 0.717) is 11.7 Å². The second-order valence-corrected chi connectivity index (χ2v) is 7.69. The molecule has 0 spiro atoms. The first-order chi connectivity index (χ1) is 11.2. The molecule has 5 nitrogen and oxygen atoms in total. The van der Waals surface area contributed by atoms with Gasteiger partial charge in [-0.25, -0.2) is 0 Å². The Labute approximate surface area is 144 Å². The standard InChI is InChI=1S/C17H32N4OS/c1-14-16(22)19-17(23-2,21-20-14)18-15-12-10-8-6-4-3-5-7-9-11-13-15/h15,18,20-21H,1,3-13H2,2H3,(H,19,22)/t17-/m1/s1. The molecule has 1 atom stereocenters. The monoisotopic (exact) mass is 340 g/mol. The summed E-state index contributed by atoms with van der Waals surface area (Å²) >= 11 is 1.56. The van der Waals surface area contributed by atoms with Gasteiger partial charge >= 0.3 is 0 Å². The van der Waals surface area contributed by atoms with E-state index in [0.717, 1.165) is 0 Å². The highest BCUT2D eigenvalue weighted by molar-refractivity contribution is 7.99. The topological polar surface area (TPSA) is 65.2 Å². The summed E-state index contributed by atoms with van der Waals surface area (Å²) in [7, 11) is 0. The molecule has 0 aromatic heterocycles. The van der Waals surface area contributed by atoms with E-state index in [9.17, 15) is 4.79 Å². The van der Waals surface area contributed by atoms with Gasteiger partial charge in [0.15, 0.2) is 0 Å². The second-order valence-electron chi connectivity index (χ2n) is 6.67. The van der Waals surface area contributed by atoms with Crippen LogP contribution < -0.4 is 21.5 Å². The van der Waals surface area contributed by atoms with Crippen LogP contribution in [0.5, 0.6) is 0 Å². The molecule has 0 aromatic carbocycles. The van der Waals surface area contributed by atoms with Gasteiger partial charge in [-0.15, -0.1) is 11.8 Å². The molecule has 2 fully saturated rings. The summed E-state index contributed by atoms with van der Waals surface area (Å²) in [6.45, 7) is 3.69. The maximum Gasteiger partial charge on any atom is 0.271 e.